The van der Waals surface area contributed by atoms with E-state index in [4.69, 9.17) is 18.9 Å². The van der Waals surface area contributed by atoms with Gasteiger partial charge in [-0.3, -0.25) is 4.79 Å². The highest BCUT2D eigenvalue weighted by atomic mass is 16.7. The van der Waals surface area contributed by atoms with Crippen LogP contribution in [-0.2, 0) is 23.7 Å². The van der Waals surface area contributed by atoms with E-state index in [-0.39, 0.29) is 18.9 Å². The Morgan fingerprint density at radius 3 is 1.29 bits per heavy atom. The number of rotatable bonds is 51. The number of nitrogens with one attached hydrogen (secondary N) is 1. The number of unbranched alkanes of at least 4 members (excludes halogenated alkanes) is 36. The van der Waals surface area contributed by atoms with E-state index >= 15 is 0 Å². The van der Waals surface area contributed by atoms with Gasteiger partial charge in [-0.05, 0) is 32.1 Å². The first-order valence-corrected chi connectivity index (χ1v) is 31.6. The molecule has 0 aliphatic carbocycles. The molecule has 448 valence electrons. The minimum atomic E-state index is -1.79. The third kappa shape index (κ3) is 33.3. The molecule has 76 heavy (non-hydrogen) atoms. The van der Waals surface area contributed by atoms with Gasteiger partial charge in [0.25, 0.3) is 0 Å². The normalized spacial score (nSPS) is 25.0. The van der Waals surface area contributed by atoms with E-state index in [2.05, 4.69) is 31.3 Å². The fourth-order valence-corrected chi connectivity index (χ4v) is 10.5. The summed E-state index contributed by atoms with van der Waals surface area (Å²) in [5.41, 5.74) is 0. The molecule has 2 rings (SSSR count). The molecule has 2 fully saturated rings. The summed E-state index contributed by atoms with van der Waals surface area (Å²) in [5, 5.41) is 87.1. The largest absolute Gasteiger partial charge is 0.394 e. The highest BCUT2D eigenvalue weighted by Gasteiger charge is 2.51. The van der Waals surface area contributed by atoms with Crippen LogP contribution in [0.3, 0.4) is 0 Å². The minimum Gasteiger partial charge on any atom is -0.394 e. The topological polar surface area (TPSA) is 228 Å². The van der Waals surface area contributed by atoms with Crippen molar-refractivity contribution in [2.24, 2.45) is 0 Å². The molecule has 0 aromatic heterocycles. The van der Waals surface area contributed by atoms with Crippen molar-refractivity contribution < 1.29 is 64.6 Å². The van der Waals surface area contributed by atoms with Crippen LogP contribution in [-0.4, -0.2) is 140 Å². The van der Waals surface area contributed by atoms with E-state index in [1.54, 1.807) is 6.08 Å². The molecule has 2 aliphatic heterocycles. The van der Waals surface area contributed by atoms with Crippen LogP contribution in [0.2, 0.25) is 0 Å². The van der Waals surface area contributed by atoms with Crippen molar-refractivity contribution in [3.63, 3.8) is 0 Å². The molecule has 0 aromatic carbocycles. The van der Waals surface area contributed by atoms with Crippen LogP contribution >= 0.6 is 0 Å². The van der Waals surface area contributed by atoms with Crippen molar-refractivity contribution >= 4 is 5.91 Å². The van der Waals surface area contributed by atoms with Gasteiger partial charge in [0.1, 0.15) is 48.8 Å². The summed E-state index contributed by atoms with van der Waals surface area (Å²) >= 11 is 0. The minimum absolute atomic E-state index is 0.245. The van der Waals surface area contributed by atoms with E-state index in [1.165, 1.54) is 205 Å². The molecule has 0 saturated carbocycles. The maximum absolute atomic E-state index is 13.2. The van der Waals surface area contributed by atoms with Crippen LogP contribution in [0.4, 0.5) is 0 Å². The Kier molecular flexibility index (Phi) is 44.8. The second-order valence-corrected chi connectivity index (χ2v) is 22.5. The molecule has 0 spiro atoms. The molecule has 14 nitrogen and oxygen atoms in total. The zero-order valence-electron chi connectivity index (χ0n) is 48.3. The lowest BCUT2D eigenvalue weighted by atomic mass is 9.97. The number of aliphatic hydroxyl groups excluding tert-OH is 8. The number of carbonyl (C=O) groups is 1. The highest BCUT2D eigenvalue weighted by molar-refractivity contribution is 5.76. The van der Waals surface area contributed by atoms with Gasteiger partial charge >= 0.3 is 0 Å². The fraction of sp³-hybridized carbons (Fsp3) is 0.919. The number of hydrogen-bond donors (Lipinski definition) is 9. The zero-order valence-corrected chi connectivity index (χ0v) is 48.3. The Morgan fingerprint density at radius 1 is 0.461 bits per heavy atom. The van der Waals surface area contributed by atoms with Crippen LogP contribution < -0.4 is 5.32 Å². The number of amides is 1. The summed E-state index contributed by atoms with van der Waals surface area (Å²) in [6, 6.07) is -0.928. The number of ether oxygens (including phenoxy) is 4. The second-order valence-electron chi connectivity index (χ2n) is 22.5. The van der Waals surface area contributed by atoms with Gasteiger partial charge in [-0.15, -0.1) is 0 Å². The Balaban J connectivity index is 1.74. The summed E-state index contributed by atoms with van der Waals surface area (Å²) in [7, 11) is 0. The third-order valence-corrected chi connectivity index (χ3v) is 15.6. The summed E-state index contributed by atoms with van der Waals surface area (Å²) in [4.78, 5) is 13.2. The van der Waals surface area contributed by atoms with Crippen LogP contribution in [0.15, 0.2) is 24.3 Å². The number of hydrogen-bond acceptors (Lipinski definition) is 13. The standard InChI is InChI=1S/C62H117NO13/c1-3-5-7-9-11-13-15-17-19-21-22-23-24-25-26-27-28-29-30-31-33-35-37-39-41-43-45-51(66)50(63-54(67)46-44-42-40-38-36-34-32-20-18-16-14-12-10-8-6-4-2)49-73-61-59(72)57(70)60(53(48-65)75-61)76-62-58(71)56(69)55(68)52(47-64)74-62/h35,37,43,45,50-53,55-62,64-66,68-72H,3-34,36,38-42,44,46-49H2,1-2H3,(H,63,67)/b37-35+,45-43+. The summed E-state index contributed by atoms with van der Waals surface area (Å²) in [6.07, 6.45) is 40.9. The number of allylic oxidation sites excluding steroid dienone is 3. The van der Waals surface area contributed by atoms with Crippen molar-refractivity contribution in [1.29, 1.82) is 0 Å². The zero-order chi connectivity index (χ0) is 55.3. The van der Waals surface area contributed by atoms with Crippen LogP contribution in [0, 0.1) is 0 Å². The molecule has 1 amide bonds. The van der Waals surface area contributed by atoms with Crippen molar-refractivity contribution in [2.75, 3.05) is 19.8 Å². The molecule has 2 heterocycles. The van der Waals surface area contributed by atoms with Crippen molar-refractivity contribution in [1.82, 2.24) is 5.32 Å². The third-order valence-electron chi connectivity index (χ3n) is 15.6. The molecule has 0 radical (unpaired) electrons. The molecule has 0 aromatic rings. The van der Waals surface area contributed by atoms with Gasteiger partial charge < -0.3 is 65.1 Å². The summed E-state index contributed by atoms with van der Waals surface area (Å²) in [5.74, 6) is -0.245. The van der Waals surface area contributed by atoms with Crippen molar-refractivity contribution in [2.45, 2.75) is 344 Å². The first-order chi connectivity index (χ1) is 37.1. The second kappa shape index (κ2) is 48.2. The Morgan fingerprint density at radius 2 is 0.842 bits per heavy atom. The van der Waals surface area contributed by atoms with E-state index in [0.29, 0.717) is 12.8 Å². The first kappa shape index (κ1) is 70.6. The van der Waals surface area contributed by atoms with E-state index in [9.17, 15) is 45.6 Å². The average Bonchev–Trinajstić information content (AvgIpc) is 3.42. The van der Waals surface area contributed by atoms with Gasteiger partial charge in [0, 0.05) is 6.42 Å². The van der Waals surface area contributed by atoms with Gasteiger partial charge in [-0.2, -0.15) is 0 Å². The molecule has 12 atom stereocenters. The van der Waals surface area contributed by atoms with Gasteiger partial charge in [0.15, 0.2) is 12.6 Å². The fourth-order valence-electron chi connectivity index (χ4n) is 10.5. The Bertz CT molecular complexity index is 1370. The SMILES string of the molecule is CCCCCCCCCCCCCCCCCCCCCC/C=C/CC/C=C/C(O)C(COC1OC(CO)C(OC2OC(CO)C(O)C(O)C2O)C(O)C1O)NC(=O)CCCCCCCCCCCCCCCCCC. The Labute approximate surface area is 462 Å². The first-order valence-electron chi connectivity index (χ1n) is 31.6. The lowest BCUT2D eigenvalue weighted by Gasteiger charge is -2.46. The predicted octanol–water partition coefficient (Wildman–Crippen LogP) is 11.2. The van der Waals surface area contributed by atoms with E-state index < -0.39 is 86.8 Å². The van der Waals surface area contributed by atoms with Crippen molar-refractivity contribution in [3.05, 3.63) is 24.3 Å². The van der Waals surface area contributed by atoms with Gasteiger partial charge in [0.05, 0.1) is 32.0 Å². The molecule has 14 heteroatoms. The monoisotopic (exact) mass is 1080 g/mol. The van der Waals surface area contributed by atoms with Gasteiger partial charge in [-0.25, -0.2) is 0 Å². The van der Waals surface area contributed by atoms with Gasteiger partial charge in [-0.1, -0.05) is 256 Å². The smallest absolute Gasteiger partial charge is 0.220 e. The lowest BCUT2D eigenvalue weighted by Crippen LogP contribution is -2.65. The average molecular weight is 1080 g/mol. The van der Waals surface area contributed by atoms with Crippen LogP contribution in [0.1, 0.15) is 271 Å². The number of carbonyl (C=O) groups excluding carboxylic acids is 1. The molecule has 9 N–H and O–H groups in total. The quantitative estimate of drug-likeness (QED) is 0.0204. The van der Waals surface area contributed by atoms with Crippen LogP contribution in [0.25, 0.3) is 0 Å². The van der Waals surface area contributed by atoms with Crippen molar-refractivity contribution in [3.8, 4) is 0 Å². The van der Waals surface area contributed by atoms with E-state index in [0.717, 1.165) is 32.1 Å². The summed E-state index contributed by atoms with van der Waals surface area (Å²) < 4.78 is 22.8. The van der Waals surface area contributed by atoms with Crippen LogP contribution in [0.5, 0.6) is 0 Å². The van der Waals surface area contributed by atoms with Gasteiger partial charge in [0.2, 0.25) is 5.91 Å². The Hall–Kier alpha value is -1.53. The maximum Gasteiger partial charge on any atom is 0.220 e. The maximum atomic E-state index is 13.2. The lowest BCUT2D eigenvalue weighted by molar-refractivity contribution is -0.359. The molecule has 0 bridgehead atoms. The molecular weight excluding hydrogens is 967 g/mol. The predicted molar refractivity (Wildman–Crippen MR) is 305 cm³/mol. The van der Waals surface area contributed by atoms with E-state index in [1.807, 2.05) is 6.08 Å². The molecule has 12 unspecified atom stereocenters. The summed E-state index contributed by atoms with van der Waals surface area (Å²) in [6.45, 7) is 2.81. The molecular formula is C62H117NO13. The molecule has 2 saturated heterocycles. The highest BCUT2D eigenvalue weighted by Crippen LogP contribution is 2.30. The number of aliphatic hydroxyl groups is 8. The molecule has 2 aliphatic rings.